The lowest BCUT2D eigenvalue weighted by Gasteiger charge is -2.14. The predicted octanol–water partition coefficient (Wildman–Crippen LogP) is 2.08. The van der Waals surface area contributed by atoms with Crippen LogP contribution in [0.3, 0.4) is 0 Å². The Morgan fingerprint density at radius 2 is 1.49 bits per heavy atom. The summed E-state index contributed by atoms with van der Waals surface area (Å²) in [4.78, 5) is 9.74. The SMILES string of the molecule is CNc1cc(S(=O)(=O)O)cc2cc(S(=O)(=O)O)c(N=Nc3cc(C(=O)NCS(=O)(=O)CCCl)ccc3S(=O)(=O)O)c(O)c12. The van der Waals surface area contributed by atoms with Gasteiger partial charge in [0, 0.05) is 29.6 Å². The van der Waals surface area contributed by atoms with Crippen LogP contribution < -0.4 is 10.6 Å². The Balaban J connectivity index is 2.25. The van der Waals surface area contributed by atoms with Crippen molar-refractivity contribution in [1.29, 1.82) is 0 Å². The summed E-state index contributed by atoms with van der Waals surface area (Å²) < 4.78 is 124. The molecule has 17 nitrogen and oxygen atoms in total. The molecule has 6 N–H and O–H groups in total. The molecule has 0 atom stereocenters. The van der Waals surface area contributed by atoms with Crippen molar-refractivity contribution in [2.75, 3.05) is 29.9 Å². The Morgan fingerprint density at radius 3 is 2.02 bits per heavy atom. The molecule has 0 saturated carbocycles. The number of aromatic hydroxyl groups is 1. The zero-order valence-corrected chi connectivity index (χ0v) is 25.5. The van der Waals surface area contributed by atoms with E-state index in [0.29, 0.717) is 12.1 Å². The average molecular weight is 701 g/mol. The fourth-order valence-corrected chi connectivity index (χ4v) is 6.87. The molecule has 0 bridgehead atoms. The summed E-state index contributed by atoms with van der Waals surface area (Å²) in [5.41, 5.74) is -2.30. The minimum Gasteiger partial charge on any atom is -0.505 e. The molecule has 3 rings (SSSR count). The molecule has 0 aliphatic rings. The molecule has 0 radical (unpaired) electrons. The molecular weight excluding hydrogens is 680 g/mol. The molecule has 234 valence electrons. The van der Waals surface area contributed by atoms with Gasteiger partial charge in [-0.1, -0.05) is 0 Å². The number of carbonyl (C=O) groups excluding carboxylic acids is 1. The van der Waals surface area contributed by atoms with Gasteiger partial charge in [0.25, 0.3) is 36.3 Å². The van der Waals surface area contributed by atoms with Crippen LogP contribution in [-0.4, -0.2) is 82.9 Å². The van der Waals surface area contributed by atoms with Gasteiger partial charge in [0.2, 0.25) is 0 Å². The van der Waals surface area contributed by atoms with Gasteiger partial charge in [-0.25, -0.2) is 8.42 Å². The van der Waals surface area contributed by atoms with E-state index in [-0.39, 0.29) is 27.9 Å². The Morgan fingerprint density at radius 1 is 0.860 bits per heavy atom. The van der Waals surface area contributed by atoms with Crippen LogP contribution in [0.4, 0.5) is 17.1 Å². The van der Waals surface area contributed by atoms with E-state index >= 15 is 0 Å². The van der Waals surface area contributed by atoms with Crippen molar-refractivity contribution in [3.05, 3.63) is 42.0 Å². The van der Waals surface area contributed by atoms with Crippen molar-refractivity contribution < 1.29 is 57.2 Å². The zero-order chi connectivity index (χ0) is 32.5. The van der Waals surface area contributed by atoms with Gasteiger partial charge >= 0.3 is 0 Å². The number of benzene rings is 3. The molecule has 3 aromatic carbocycles. The van der Waals surface area contributed by atoms with Gasteiger partial charge in [-0.05, 0) is 41.8 Å². The lowest BCUT2D eigenvalue weighted by Crippen LogP contribution is -2.31. The number of anilines is 1. The Bertz CT molecular complexity index is 2100. The number of carbonyl (C=O) groups is 1. The number of phenolic OH excluding ortho intramolecular Hbond substituents is 1. The van der Waals surface area contributed by atoms with Crippen LogP contribution in [0.5, 0.6) is 5.75 Å². The van der Waals surface area contributed by atoms with E-state index < -0.39 is 89.5 Å². The van der Waals surface area contributed by atoms with Crippen LogP contribution in [0.15, 0.2) is 61.3 Å². The Kier molecular flexibility index (Phi) is 9.72. The fourth-order valence-electron chi connectivity index (χ4n) is 3.63. The number of phenols is 1. The maximum absolute atomic E-state index is 12.5. The van der Waals surface area contributed by atoms with Gasteiger partial charge < -0.3 is 15.7 Å². The monoisotopic (exact) mass is 700 g/mol. The summed E-state index contributed by atoms with van der Waals surface area (Å²) >= 11 is 5.40. The normalized spacial score (nSPS) is 13.0. The summed E-state index contributed by atoms with van der Waals surface area (Å²) in [6.07, 6.45) is 0. The van der Waals surface area contributed by atoms with Gasteiger partial charge in [0.1, 0.15) is 27.0 Å². The van der Waals surface area contributed by atoms with Crippen LogP contribution in [-0.2, 0) is 40.2 Å². The highest BCUT2D eigenvalue weighted by atomic mass is 35.5. The number of alkyl halides is 1. The lowest BCUT2D eigenvalue weighted by molar-refractivity contribution is 0.0959. The van der Waals surface area contributed by atoms with Gasteiger partial charge in [0.15, 0.2) is 15.6 Å². The second-order valence-electron chi connectivity index (χ2n) is 8.49. The third kappa shape index (κ3) is 7.94. The zero-order valence-electron chi connectivity index (χ0n) is 21.5. The molecule has 1 amide bonds. The summed E-state index contributed by atoms with van der Waals surface area (Å²) in [5.74, 6) is -3.56. The minimum atomic E-state index is -5.25. The van der Waals surface area contributed by atoms with Crippen LogP contribution in [0, 0.1) is 0 Å². The van der Waals surface area contributed by atoms with Crippen molar-refractivity contribution in [2.24, 2.45) is 10.2 Å². The number of hydrogen-bond acceptors (Lipinski definition) is 13. The van der Waals surface area contributed by atoms with Gasteiger partial charge in [-0.2, -0.15) is 25.3 Å². The maximum atomic E-state index is 12.5. The largest absolute Gasteiger partial charge is 0.505 e. The third-order valence-electron chi connectivity index (χ3n) is 5.57. The van der Waals surface area contributed by atoms with E-state index in [1.807, 2.05) is 0 Å². The molecule has 0 heterocycles. The molecule has 43 heavy (non-hydrogen) atoms. The first-order valence-electron chi connectivity index (χ1n) is 11.2. The quantitative estimate of drug-likeness (QED) is 0.0949. The second-order valence-corrected chi connectivity index (χ2v) is 15.2. The molecule has 0 saturated heterocycles. The van der Waals surface area contributed by atoms with Crippen molar-refractivity contribution in [2.45, 2.75) is 14.7 Å². The van der Waals surface area contributed by atoms with Crippen molar-refractivity contribution in [3.8, 4) is 5.75 Å². The van der Waals surface area contributed by atoms with Crippen LogP contribution in [0.1, 0.15) is 10.4 Å². The van der Waals surface area contributed by atoms with E-state index in [4.69, 9.17) is 11.6 Å². The topological polar surface area (TPSA) is 283 Å². The van der Waals surface area contributed by atoms with E-state index in [1.165, 1.54) is 7.05 Å². The highest BCUT2D eigenvalue weighted by molar-refractivity contribution is 7.91. The average Bonchev–Trinajstić information content (AvgIpc) is 2.88. The molecule has 3 aromatic rings. The standard InChI is InChI=1S/C21H21ClN4O13S4/c1-23-15-9-13(41(31,32)33)6-12-8-17(43(37,38)39)19(20(27)18(12)15)26-25-14-7-11(2-3-16(14)42(34,35)36)21(28)24-10-40(29,30)5-4-22/h2-3,6-9,23,27H,4-5,10H2,1H3,(H,24,28)(H,31,32,33)(H,34,35,36)(H,37,38,39). The predicted molar refractivity (Wildman–Crippen MR) is 152 cm³/mol. The van der Waals surface area contributed by atoms with Gasteiger partial charge in [0.05, 0.1) is 10.6 Å². The molecule has 0 aliphatic carbocycles. The number of nitrogens with zero attached hydrogens (tertiary/aromatic N) is 2. The number of sulfone groups is 1. The molecule has 0 unspecified atom stereocenters. The molecular formula is C21H21ClN4O13S4. The van der Waals surface area contributed by atoms with Crippen molar-refractivity contribution in [3.63, 3.8) is 0 Å². The molecule has 0 fully saturated rings. The van der Waals surface area contributed by atoms with Crippen LogP contribution in [0.25, 0.3) is 10.8 Å². The maximum Gasteiger partial charge on any atom is 0.296 e. The number of fused-ring (bicyclic) bond motifs is 1. The lowest BCUT2D eigenvalue weighted by atomic mass is 10.1. The van der Waals surface area contributed by atoms with E-state index in [9.17, 15) is 57.2 Å². The van der Waals surface area contributed by atoms with Crippen LogP contribution in [0.2, 0.25) is 0 Å². The highest BCUT2D eigenvalue weighted by Gasteiger charge is 2.26. The van der Waals surface area contributed by atoms with E-state index in [0.717, 1.165) is 24.3 Å². The summed E-state index contributed by atoms with van der Waals surface area (Å²) in [7, 11) is -17.6. The van der Waals surface area contributed by atoms with Gasteiger partial charge in [-0.15, -0.1) is 21.8 Å². The Hall–Kier alpha value is -3.44. The molecule has 0 spiro atoms. The number of azo groups is 1. The first kappa shape index (κ1) is 34.1. The Labute approximate surface area is 249 Å². The first-order valence-corrected chi connectivity index (χ1v) is 17.9. The third-order valence-corrected chi connectivity index (χ3v) is 9.99. The summed E-state index contributed by atoms with van der Waals surface area (Å²) in [5, 5.41) is 22.1. The smallest absolute Gasteiger partial charge is 0.296 e. The molecule has 0 aliphatic heterocycles. The highest BCUT2D eigenvalue weighted by Crippen LogP contribution is 2.45. The van der Waals surface area contributed by atoms with Crippen LogP contribution >= 0.6 is 11.6 Å². The second kappa shape index (κ2) is 12.3. The summed E-state index contributed by atoms with van der Waals surface area (Å²) in [6, 6.07) is 4.71. The fraction of sp³-hybridized carbons (Fsp3) is 0.190. The number of nitrogens with one attached hydrogen (secondary N) is 2. The minimum absolute atomic E-state index is 0.164. The molecule has 22 heteroatoms. The summed E-state index contributed by atoms with van der Waals surface area (Å²) in [6.45, 7) is 0. The number of amides is 1. The number of hydrogen-bond donors (Lipinski definition) is 6. The number of rotatable bonds is 11. The van der Waals surface area contributed by atoms with E-state index in [1.54, 1.807) is 0 Å². The number of halogens is 1. The van der Waals surface area contributed by atoms with E-state index in [2.05, 4.69) is 20.9 Å². The first-order chi connectivity index (χ1) is 19.7. The van der Waals surface area contributed by atoms with Crippen molar-refractivity contribution in [1.82, 2.24) is 5.32 Å². The van der Waals surface area contributed by atoms with Crippen molar-refractivity contribution >= 4 is 85.5 Å². The molecule has 0 aromatic heterocycles. The van der Waals surface area contributed by atoms with Gasteiger partial charge in [-0.3, -0.25) is 18.5 Å².